The standard InChI is InChI=1S/C16H25NO5/c1-21-12-14(8-16(20)22-2)17(10-15(19)11-18)9-13-6-4-3-5-7-13/h3-7,14-15,18-19H,8-12H2,1-2H3/t14?,15-/m0/s1. The van der Waals surface area contributed by atoms with Crippen molar-refractivity contribution in [1.82, 2.24) is 4.90 Å². The number of aliphatic hydroxyl groups is 2. The van der Waals surface area contributed by atoms with E-state index in [-0.39, 0.29) is 31.6 Å². The van der Waals surface area contributed by atoms with E-state index in [9.17, 15) is 9.90 Å². The second-order valence-corrected chi connectivity index (χ2v) is 5.14. The van der Waals surface area contributed by atoms with E-state index in [0.717, 1.165) is 5.56 Å². The van der Waals surface area contributed by atoms with Gasteiger partial charge in [-0.2, -0.15) is 0 Å². The van der Waals surface area contributed by atoms with E-state index < -0.39 is 6.10 Å². The van der Waals surface area contributed by atoms with Crippen molar-refractivity contribution in [3.8, 4) is 0 Å². The van der Waals surface area contributed by atoms with Gasteiger partial charge in [0.25, 0.3) is 0 Å². The van der Waals surface area contributed by atoms with Crippen molar-refractivity contribution in [1.29, 1.82) is 0 Å². The second kappa shape index (κ2) is 10.3. The van der Waals surface area contributed by atoms with Crippen LogP contribution in [0.1, 0.15) is 12.0 Å². The van der Waals surface area contributed by atoms with Crippen molar-refractivity contribution < 1.29 is 24.5 Å². The Hall–Kier alpha value is -1.47. The lowest BCUT2D eigenvalue weighted by Crippen LogP contribution is -2.44. The molecule has 0 fully saturated rings. The Balaban J connectivity index is 2.86. The molecular weight excluding hydrogens is 286 g/mol. The first-order chi connectivity index (χ1) is 10.6. The molecule has 0 saturated heterocycles. The van der Waals surface area contributed by atoms with Crippen molar-refractivity contribution in [2.75, 3.05) is 34.0 Å². The Kier molecular flexibility index (Phi) is 8.69. The summed E-state index contributed by atoms with van der Waals surface area (Å²) >= 11 is 0. The van der Waals surface area contributed by atoms with Crippen LogP contribution in [0.15, 0.2) is 30.3 Å². The highest BCUT2D eigenvalue weighted by atomic mass is 16.5. The molecule has 1 rings (SSSR count). The van der Waals surface area contributed by atoms with Gasteiger partial charge in [-0.25, -0.2) is 0 Å². The molecule has 0 radical (unpaired) electrons. The van der Waals surface area contributed by atoms with Crippen molar-refractivity contribution >= 4 is 5.97 Å². The molecule has 0 aliphatic heterocycles. The lowest BCUT2D eigenvalue weighted by Gasteiger charge is -2.32. The van der Waals surface area contributed by atoms with Crippen molar-refractivity contribution in [3.05, 3.63) is 35.9 Å². The molecule has 22 heavy (non-hydrogen) atoms. The fourth-order valence-corrected chi connectivity index (χ4v) is 2.25. The summed E-state index contributed by atoms with van der Waals surface area (Å²) in [4.78, 5) is 13.5. The highest BCUT2D eigenvalue weighted by Gasteiger charge is 2.24. The maximum atomic E-state index is 11.6. The predicted octanol–water partition coefficient (Wildman–Crippen LogP) is 0.420. The lowest BCUT2D eigenvalue weighted by atomic mass is 10.1. The summed E-state index contributed by atoms with van der Waals surface area (Å²) in [6, 6.07) is 9.50. The summed E-state index contributed by atoms with van der Waals surface area (Å²) in [6.07, 6.45) is -0.712. The van der Waals surface area contributed by atoms with Gasteiger partial charge in [-0.05, 0) is 5.56 Å². The molecule has 6 heteroatoms. The number of carbonyl (C=O) groups excluding carboxylic acids is 1. The Morgan fingerprint density at radius 2 is 1.95 bits per heavy atom. The van der Waals surface area contributed by atoms with Crippen LogP contribution < -0.4 is 0 Å². The number of nitrogens with zero attached hydrogens (tertiary/aromatic N) is 1. The Bertz CT molecular complexity index is 426. The van der Waals surface area contributed by atoms with Crippen LogP contribution in [0, 0.1) is 0 Å². The van der Waals surface area contributed by atoms with Gasteiger partial charge < -0.3 is 19.7 Å². The SMILES string of the molecule is COCC(CC(=O)OC)N(Cc1ccccc1)C[C@H](O)CO. The number of esters is 1. The number of hydrogen-bond donors (Lipinski definition) is 2. The van der Waals surface area contributed by atoms with Gasteiger partial charge >= 0.3 is 5.97 Å². The summed E-state index contributed by atoms with van der Waals surface area (Å²) in [7, 11) is 2.91. The molecule has 2 atom stereocenters. The highest BCUT2D eigenvalue weighted by molar-refractivity contribution is 5.69. The Morgan fingerprint density at radius 1 is 1.27 bits per heavy atom. The number of ether oxygens (including phenoxy) is 2. The van der Waals surface area contributed by atoms with Gasteiger partial charge in [0.2, 0.25) is 0 Å². The zero-order valence-electron chi connectivity index (χ0n) is 13.1. The molecule has 0 aliphatic rings. The zero-order valence-corrected chi connectivity index (χ0v) is 13.1. The van der Waals surface area contributed by atoms with Crippen LogP contribution >= 0.6 is 0 Å². The third-order valence-electron chi connectivity index (χ3n) is 3.39. The fourth-order valence-electron chi connectivity index (χ4n) is 2.25. The van der Waals surface area contributed by atoms with E-state index in [0.29, 0.717) is 13.2 Å². The molecule has 124 valence electrons. The maximum absolute atomic E-state index is 11.6. The molecule has 2 N–H and O–H groups in total. The van der Waals surface area contributed by atoms with E-state index in [1.54, 1.807) is 7.11 Å². The molecule has 0 aliphatic carbocycles. The molecule has 0 heterocycles. The predicted molar refractivity (Wildman–Crippen MR) is 82.2 cm³/mol. The van der Waals surface area contributed by atoms with Crippen molar-refractivity contribution in [3.63, 3.8) is 0 Å². The topological polar surface area (TPSA) is 79.2 Å². The van der Waals surface area contributed by atoms with Crippen molar-refractivity contribution in [2.45, 2.75) is 25.1 Å². The number of hydrogen-bond acceptors (Lipinski definition) is 6. The van der Waals surface area contributed by atoms with E-state index >= 15 is 0 Å². The first-order valence-electron chi connectivity index (χ1n) is 7.23. The first kappa shape index (κ1) is 18.6. The van der Waals surface area contributed by atoms with Gasteiger partial charge in [-0.15, -0.1) is 0 Å². The quantitative estimate of drug-likeness (QED) is 0.610. The van der Waals surface area contributed by atoms with Crippen molar-refractivity contribution in [2.24, 2.45) is 0 Å². The molecule has 6 nitrogen and oxygen atoms in total. The third kappa shape index (κ3) is 6.53. The van der Waals surface area contributed by atoms with E-state index in [4.69, 9.17) is 14.6 Å². The van der Waals surface area contributed by atoms with Gasteiger partial charge in [0.15, 0.2) is 0 Å². The molecule has 0 aromatic heterocycles. The van der Waals surface area contributed by atoms with Gasteiger partial charge in [-0.3, -0.25) is 9.69 Å². The molecule has 1 aromatic rings. The minimum absolute atomic E-state index is 0.162. The Morgan fingerprint density at radius 3 is 2.50 bits per heavy atom. The van der Waals surface area contributed by atoms with Crippen LogP contribution in [-0.4, -0.2) is 67.2 Å². The van der Waals surface area contributed by atoms with E-state index in [1.165, 1.54) is 7.11 Å². The molecule has 0 bridgehead atoms. The monoisotopic (exact) mass is 311 g/mol. The van der Waals surface area contributed by atoms with Crippen LogP contribution in [0.4, 0.5) is 0 Å². The molecule has 0 saturated carbocycles. The summed E-state index contributed by atoms with van der Waals surface area (Å²) in [5, 5.41) is 18.9. The van der Waals surface area contributed by atoms with Crippen LogP contribution in [-0.2, 0) is 20.8 Å². The average Bonchev–Trinajstić information content (AvgIpc) is 2.54. The number of methoxy groups -OCH3 is 2. The summed E-state index contributed by atoms with van der Waals surface area (Å²) in [6.45, 7) is 0.794. The Labute approximate surface area is 131 Å². The van der Waals surface area contributed by atoms with Gasteiger partial charge in [0, 0.05) is 26.2 Å². The van der Waals surface area contributed by atoms with Crippen LogP contribution in [0.25, 0.3) is 0 Å². The number of carbonyl (C=O) groups is 1. The normalized spacial score (nSPS) is 13.9. The first-order valence-corrected chi connectivity index (χ1v) is 7.23. The fraction of sp³-hybridized carbons (Fsp3) is 0.562. The maximum Gasteiger partial charge on any atom is 0.307 e. The lowest BCUT2D eigenvalue weighted by molar-refractivity contribution is -0.143. The largest absolute Gasteiger partial charge is 0.469 e. The van der Waals surface area contributed by atoms with E-state index in [1.807, 2.05) is 35.2 Å². The van der Waals surface area contributed by atoms with Crippen LogP contribution in [0.5, 0.6) is 0 Å². The number of benzene rings is 1. The molecule has 0 spiro atoms. The van der Waals surface area contributed by atoms with Gasteiger partial charge in [0.05, 0.1) is 32.8 Å². The van der Waals surface area contributed by atoms with Gasteiger partial charge in [0.1, 0.15) is 0 Å². The second-order valence-electron chi connectivity index (χ2n) is 5.14. The molecule has 0 amide bonds. The zero-order chi connectivity index (χ0) is 16.4. The molecular formula is C16H25NO5. The third-order valence-corrected chi connectivity index (χ3v) is 3.39. The van der Waals surface area contributed by atoms with E-state index in [2.05, 4.69) is 0 Å². The molecule has 1 aromatic carbocycles. The number of rotatable bonds is 10. The minimum atomic E-state index is -0.874. The van der Waals surface area contributed by atoms with Gasteiger partial charge in [-0.1, -0.05) is 30.3 Å². The molecule has 1 unspecified atom stereocenters. The summed E-state index contributed by atoms with van der Waals surface area (Å²) in [5.41, 5.74) is 1.05. The number of aliphatic hydroxyl groups excluding tert-OH is 2. The summed E-state index contributed by atoms with van der Waals surface area (Å²) < 4.78 is 9.92. The minimum Gasteiger partial charge on any atom is -0.469 e. The average molecular weight is 311 g/mol. The highest BCUT2D eigenvalue weighted by Crippen LogP contribution is 2.13. The van der Waals surface area contributed by atoms with Crippen LogP contribution in [0.2, 0.25) is 0 Å². The van der Waals surface area contributed by atoms with Crippen LogP contribution in [0.3, 0.4) is 0 Å². The summed E-state index contributed by atoms with van der Waals surface area (Å²) in [5.74, 6) is -0.335. The smallest absolute Gasteiger partial charge is 0.307 e.